The molecule has 10 heteroatoms. The molecule has 1 saturated heterocycles. The molecule has 28 heavy (non-hydrogen) atoms. The Kier molecular flexibility index (Phi) is 4.54. The summed E-state index contributed by atoms with van der Waals surface area (Å²) in [5.74, 6) is 1.25. The molecule has 1 aliphatic heterocycles. The van der Waals surface area contributed by atoms with E-state index in [0.717, 1.165) is 25.3 Å². The minimum atomic E-state index is -0.424. The van der Waals surface area contributed by atoms with Gasteiger partial charge in [0, 0.05) is 43.1 Å². The quantitative estimate of drug-likeness (QED) is 0.435. The highest BCUT2D eigenvalue weighted by Crippen LogP contribution is 2.46. The summed E-state index contributed by atoms with van der Waals surface area (Å²) in [5.41, 5.74) is 0.943. The second-order valence-electron chi connectivity index (χ2n) is 7.26. The van der Waals surface area contributed by atoms with Crippen LogP contribution in [0.25, 0.3) is 0 Å². The zero-order valence-corrected chi connectivity index (χ0v) is 15.5. The van der Waals surface area contributed by atoms with E-state index in [1.165, 1.54) is 6.20 Å². The number of nitrogens with one attached hydrogen (secondary N) is 1. The molecule has 1 amide bonds. The highest BCUT2D eigenvalue weighted by Gasteiger charge is 2.56. The topological polar surface area (TPSA) is 119 Å². The summed E-state index contributed by atoms with van der Waals surface area (Å²) in [6.45, 7) is 7.56. The number of nitrogens with zero attached hydrogens (tertiary/aromatic N) is 6. The van der Waals surface area contributed by atoms with Gasteiger partial charge in [0.15, 0.2) is 5.69 Å². The molecule has 1 N–H and O–H groups in total. The zero-order valence-electron chi connectivity index (χ0n) is 15.5. The first-order valence-electron chi connectivity index (χ1n) is 9.16. The summed E-state index contributed by atoms with van der Waals surface area (Å²) in [6, 6.07) is 1.87. The van der Waals surface area contributed by atoms with E-state index in [-0.39, 0.29) is 17.6 Å². The second kappa shape index (κ2) is 7.02. The number of hydrogen-bond acceptors (Lipinski definition) is 7. The first-order chi connectivity index (χ1) is 13.5. The Labute approximate surface area is 161 Å². The van der Waals surface area contributed by atoms with Crippen LogP contribution in [0.3, 0.4) is 0 Å². The highest BCUT2D eigenvalue weighted by molar-refractivity contribution is 5.92. The summed E-state index contributed by atoms with van der Waals surface area (Å²) >= 11 is 0. The average Bonchev–Trinajstić information content (AvgIpc) is 3.08. The number of carbonyl (C=O) groups is 1. The number of amides is 1. The molecule has 2 aromatic heterocycles. The van der Waals surface area contributed by atoms with Gasteiger partial charge in [-0.3, -0.25) is 19.6 Å². The van der Waals surface area contributed by atoms with Crippen molar-refractivity contribution in [1.82, 2.24) is 25.3 Å². The maximum Gasteiger partial charge on any atom is 0.290 e. The van der Waals surface area contributed by atoms with Crippen LogP contribution in [-0.2, 0) is 6.54 Å². The molecule has 4 rings (SSSR count). The van der Waals surface area contributed by atoms with Gasteiger partial charge in [-0.1, -0.05) is 11.3 Å². The van der Waals surface area contributed by atoms with Crippen LogP contribution in [0.4, 0.5) is 11.5 Å². The number of aromatic nitrogens is 4. The SMILES string of the molecule is C=CCCn1cc(C(=O)NC2[C@H]3CN(c4cc(C)c([N+](=O)[O-])cn4)C[C@@H]23)nn1. The molecule has 0 radical (unpaired) electrons. The number of fused-ring (bicyclic) bond motifs is 1. The van der Waals surface area contributed by atoms with Crippen LogP contribution in [-0.4, -0.2) is 49.9 Å². The first-order valence-corrected chi connectivity index (χ1v) is 9.16. The van der Waals surface area contributed by atoms with Crippen LogP contribution >= 0.6 is 0 Å². The van der Waals surface area contributed by atoms with Crippen LogP contribution in [0.1, 0.15) is 22.5 Å². The van der Waals surface area contributed by atoms with Gasteiger partial charge < -0.3 is 10.2 Å². The molecule has 2 fully saturated rings. The summed E-state index contributed by atoms with van der Waals surface area (Å²) in [5, 5.41) is 21.8. The molecule has 0 aromatic carbocycles. The number of rotatable bonds is 7. The molecule has 1 aliphatic carbocycles. The third-order valence-corrected chi connectivity index (χ3v) is 5.41. The largest absolute Gasteiger partial charge is 0.356 e. The molecule has 2 aromatic rings. The minimum absolute atomic E-state index is 0.0272. The Morgan fingerprint density at radius 3 is 2.86 bits per heavy atom. The molecule has 10 nitrogen and oxygen atoms in total. The normalized spacial score (nSPS) is 22.6. The van der Waals surface area contributed by atoms with E-state index >= 15 is 0 Å². The maximum atomic E-state index is 12.4. The summed E-state index contributed by atoms with van der Waals surface area (Å²) in [7, 11) is 0. The fraction of sp³-hybridized carbons (Fsp3) is 0.444. The van der Waals surface area contributed by atoms with Crippen molar-refractivity contribution in [1.29, 1.82) is 0 Å². The Balaban J connectivity index is 1.32. The van der Waals surface area contributed by atoms with Gasteiger partial charge in [-0.25, -0.2) is 4.98 Å². The van der Waals surface area contributed by atoms with Crippen LogP contribution in [0, 0.1) is 28.9 Å². The molecule has 2 aliphatic rings. The van der Waals surface area contributed by atoms with Crippen molar-refractivity contribution in [3.05, 3.63) is 52.5 Å². The molecule has 3 atom stereocenters. The predicted molar refractivity (Wildman–Crippen MR) is 101 cm³/mol. The molecule has 146 valence electrons. The third kappa shape index (κ3) is 3.32. The fourth-order valence-corrected chi connectivity index (χ4v) is 3.79. The molecule has 0 spiro atoms. The number of aryl methyl sites for hydroxylation is 2. The molecule has 3 heterocycles. The Morgan fingerprint density at radius 1 is 1.46 bits per heavy atom. The fourth-order valence-electron chi connectivity index (χ4n) is 3.79. The lowest BCUT2D eigenvalue weighted by Gasteiger charge is -2.21. The lowest BCUT2D eigenvalue weighted by Crippen LogP contribution is -2.35. The summed E-state index contributed by atoms with van der Waals surface area (Å²) < 4.78 is 1.63. The maximum absolute atomic E-state index is 12.4. The molecule has 0 bridgehead atoms. The third-order valence-electron chi connectivity index (χ3n) is 5.41. The average molecular weight is 383 g/mol. The Hall–Kier alpha value is -3.30. The number of piperidine rings is 1. The van der Waals surface area contributed by atoms with E-state index in [2.05, 4.69) is 32.1 Å². The molecular weight excluding hydrogens is 362 g/mol. The minimum Gasteiger partial charge on any atom is -0.356 e. The summed E-state index contributed by atoms with van der Waals surface area (Å²) in [6.07, 6.45) is 5.51. The van der Waals surface area contributed by atoms with E-state index in [9.17, 15) is 14.9 Å². The number of allylic oxidation sites excluding steroid dienone is 1. The van der Waals surface area contributed by atoms with Gasteiger partial charge in [-0.15, -0.1) is 11.7 Å². The Bertz CT molecular complexity index is 929. The van der Waals surface area contributed by atoms with E-state index in [1.807, 2.05) is 0 Å². The zero-order chi connectivity index (χ0) is 19.8. The lowest BCUT2D eigenvalue weighted by molar-refractivity contribution is -0.385. The number of anilines is 1. The van der Waals surface area contributed by atoms with Gasteiger partial charge in [-0.05, 0) is 19.4 Å². The standard InChI is InChI=1S/C18H21N7O3/c1-3-4-5-24-10-14(21-22-24)18(26)20-17-12-8-23(9-13(12)17)16-6-11(2)15(7-19-16)25(27)28/h3,6-7,10,12-13,17H,1,4-5,8-9H2,2H3,(H,20,26)/t12-,13+,17?. The van der Waals surface area contributed by atoms with Crippen LogP contribution in [0.2, 0.25) is 0 Å². The van der Waals surface area contributed by atoms with Crippen molar-refractivity contribution in [3.8, 4) is 0 Å². The number of nitro groups is 1. The smallest absolute Gasteiger partial charge is 0.290 e. The molecule has 1 unspecified atom stereocenters. The number of pyridine rings is 1. The number of carbonyl (C=O) groups excluding carboxylic acids is 1. The van der Waals surface area contributed by atoms with Crippen molar-refractivity contribution in [3.63, 3.8) is 0 Å². The van der Waals surface area contributed by atoms with Gasteiger partial charge in [-0.2, -0.15) is 0 Å². The lowest BCUT2D eigenvalue weighted by atomic mass is 10.2. The van der Waals surface area contributed by atoms with Crippen molar-refractivity contribution >= 4 is 17.4 Å². The molecular formula is C18H21N7O3. The van der Waals surface area contributed by atoms with Gasteiger partial charge in [0.1, 0.15) is 12.0 Å². The van der Waals surface area contributed by atoms with Crippen molar-refractivity contribution < 1.29 is 9.72 Å². The second-order valence-corrected chi connectivity index (χ2v) is 7.26. The van der Waals surface area contributed by atoms with E-state index < -0.39 is 4.92 Å². The van der Waals surface area contributed by atoms with Crippen molar-refractivity contribution in [2.24, 2.45) is 11.8 Å². The monoisotopic (exact) mass is 383 g/mol. The summed E-state index contributed by atoms with van der Waals surface area (Å²) in [4.78, 5) is 29.2. The van der Waals surface area contributed by atoms with Gasteiger partial charge in [0.05, 0.1) is 11.1 Å². The molecule has 1 saturated carbocycles. The van der Waals surface area contributed by atoms with E-state index in [0.29, 0.717) is 29.6 Å². The van der Waals surface area contributed by atoms with Crippen LogP contribution in [0.15, 0.2) is 31.1 Å². The van der Waals surface area contributed by atoms with Crippen LogP contribution in [0.5, 0.6) is 0 Å². The first kappa shape index (κ1) is 18.1. The van der Waals surface area contributed by atoms with Gasteiger partial charge >= 0.3 is 0 Å². The van der Waals surface area contributed by atoms with E-state index in [1.54, 1.807) is 29.9 Å². The van der Waals surface area contributed by atoms with Crippen LogP contribution < -0.4 is 10.2 Å². The highest BCUT2D eigenvalue weighted by atomic mass is 16.6. The van der Waals surface area contributed by atoms with E-state index in [4.69, 9.17) is 0 Å². The van der Waals surface area contributed by atoms with Gasteiger partial charge in [0.2, 0.25) is 0 Å². The van der Waals surface area contributed by atoms with Crippen molar-refractivity contribution in [2.75, 3.05) is 18.0 Å². The predicted octanol–water partition coefficient (Wildman–Crippen LogP) is 1.33. The number of hydrogen-bond donors (Lipinski definition) is 1. The Morgan fingerprint density at radius 2 is 2.21 bits per heavy atom. The van der Waals surface area contributed by atoms with Gasteiger partial charge in [0.25, 0.3) is 11.6 Å². The van der Waals surface area contributed by atoms with Crippen molar-refractivity contribution in [2.45, 2.75) is 25.9 Å².